The zero-order valence-corrected chi connectivity index (χ0v) is 19.3. The quantitative estimate of drug-likeness (QED) is 0.191. The minimum Gasteiger partial charge on any atom is -0.371 e. The second-order valence-electron chi connectivity index (χ2n) is 8.64. The van der Waals surface area contributed by atoms with Gasteiger partial charge in [-0.25, -0.2) is 22.0 Å². The van der Waals surface area contributed by atoms with Gasteiger partial charge in [-0.1, -0.05) is 0 Å². The van der Waals surface area contributed by atoms with E-state index in [2.05, 4.69) is 0 Å². The van der Waals surface area contributed by atoms with Gasteiger partial charge in [-0.15, -0.1) is 0 Å². The van der Waals surface area contributed by atoms with Crippen LogP contribution in [0.2, 0.25) is 5.54 Å². The van der Waals surface area contributed by atoms with Crippen LogP contribution in [-0.4, -0.2) is 27.1 Å². The highest BCUT2D eigenvalue weighted by molar-refractivity contribution is 6.62. The van der Waals surface area contributed by atoms with Crippen LogP contribution in [0.3, 0.4) is 0 Å². The van der Waals surface area contributed by atoms with Crippen molar-refractivity contribution in [2.24, 2.45) is 0 Å². The zero-order chi connectivity index (χ0) is 22.8. The SMILES string of the molecule is CC(C)O[Si](OC(C)C)(OC(C)C)C1CCC(c2c(F)c(F)c(F)c(F)c2F)CC1. The molecule has 0 aromatic heterocycles. The summed E-state index contributed by atoms with van der Waals surface area (Å²) in [5.74, 6) is -10.2. The van der Waals surface area contributed by atoms with Crippen molar-refractivity contribution in [3.8, 4) is 0 Å². The van der Waals surface area contributed by atoms with Crippen molar-refractivity contribution < 1.29 is 35.2 Å². The van der Waals surface area contributed by atoms with Crippen LogP contribution < -0.4 is 0 Å². The molecule has 1 saturated carbocycles. The van der Waals surface area contributed by atoms with Gasteiger partial charge in [-0.2, -0.15) is 0 Å². The molecular formula is C21H31F5O3Si. The van der Waals surface area contributed by atoms with E-state index in [1.165, 1.54) is 0 Å². The van der Waals surface area contributed by atoms with Gasteiger partial charge in [0, 0.05) is 29.4 Å². The van der Waals surface area contributed by atoms with Crippen LogP contribution in [0.5, 0.6) is 0 Å². The highest BCUT2D eigenvalue weighted by Crippen LogP contribution is 2.47. The molecule has 1 fully saturated rings. The van der Waals surface area contributed by atoms with Crippen molar-refractivity contribution in [1.29, 1.82) is 0 Å². The minimum absolute atomic E-state index is 0.123. The molecule has 0 aliphatic heterocycles. The number of rotatable bonds is 8. The average Bonchev–Trinajstić information content (AvgIpc) is 2.63. The predicted molar refractivity (Wildman–Crippen MR) is 106 cm³/mol. The molecule has 9 heteroatoms. The molecule has 0 bridgehead atoms. The second-order valence-corrected chi connectivity index (χ2v) is 11.4. The van der Waals surface area contributed by atoms with E-state index in [1.54, 1.807) is 0 Å². The average molecular weight is 455 g/mol. The van der Waals surface area contributed by atoms with Crippen LogP contribution in [0.15, 0.2) is 0 Å². The Balaban J connectivity index is 2.31. The van der Waals surface area contributed by atoms with E-state index in [1.807, 2.05) is 41.5 Å². The van der Waals surface area contributed by atoms with Crippen LogP contribution >= 0.6 is 0 Å². The van der Waals surface area contributed by atoms with E-state index >= 15 is 0 Å². The molecule has 0 heterocycles. The first-order chi connectivity index (χ1) is 13.9. The second kappa shape index (κ2) is 10.1. The van der Waals surface area contributed by atoms with Gasteiger partial charge in [-0.3, -0.25) is 0 Å². The summed E-state index contributed by atoms with van der Waals surface area (Å²) >= 11 is 0. The van der Waals surface area contributed by atoms with Gasteiger partial charge in [0.1, 0.15) is 0 Å². The fraction of sp³-hybridized carbons (Fsp3) is 0.714. The molecule has 2 rings (SSSR count). The summed E-state index contributed by atoms with van der Waals surface area (Å²) in [5, 5.41) is 0. The summed E-state index contributed by atoms with van der Waals surface area (Å²) in [6.07, 6.45) is 0.946. The Hall–Kier alpha value is -1.03. The topological polar surface area (TPSA) is 27.7 Å². The summed E-state index contributed by atoms with van der Waals surface area (Å²) < 4.78 is 87.8. The molecule has 0 radical (unpaired) electrons. The van der Waals surface area contributed by atoms with Gasteiger partial charge in [0.25, 0.3) is 0 Å². The smallest absolute Gasteiger partial charge is 0.371 e. The molecular weight excluding hydrogens is 423 g/mol. The molecule has 0 unspecified atom stereocenters. The summed E-state index contributed by atoms with van der Waals surface area (Å²) in [5.41, 5.74) is -0.848. The lowest BCUT2D eigenvalue weighted by Gasteiger charge is -2.42. The maximum Gasteiger partial charge on any atom is 0.504 e. The fourth-order valence-corrected chi connectivity index (χ4v) is 7.83. The molecule has 3 nitrogen and oxygen atoms in total. The largest absolute Gasteiger partial charge is 0.504 e. The standard InChI is InChI=1S/C21H31F5O3Si/c1-11(2)27-30(28-12(3)4,29-13(5)6)15-9-7-14(8-10-15)16-17(22)19(24)21(26)20(25)18(16)23/h11-15H,7-10H2,1-6H3. The van der Waals surface area contributed by atoms with E-state index in [0.29, 0.717) is 12.8 Å². The van der Waals surface area contributed by atoms with Crippen LogP contribution in [0.4, 0.5) is 22.0 Å². The van der Waals surface area contributed by atoms with Crippen molar-refractivity contribution in [3.05, 3.63) is 34.6 Å². The van der Waals surface area contributed by atoms with Crippen LogP contribution in [0, 0.1) is 29.1 Å². The number of hydrogen-bond donors (Lipinski definition) is 0. The number of halogens is 5. The molecule has 1 aliphatic carbocycles. The molecule has 0 N–H and O–H groups in total. The molecule has 1 aromatic rings. The Morgan fingerprint density at radius 2 is 0.933 bits per heavy atom. The fourth-order valence-electron chi connectivity index (χ4n) is 4.07. The van der Waals surface area contributed by atoms with Gasteiger partial charge >= 0.3 is 8.80 Å². The first-order valence-corrected chi connectivity index (χ1v) is 12.2. The lowest BCUT2D eigenvalue weighted by molar-refractivity contribution is -0.00857. The van der Waals surface area contributed by atoms with Gasteiger partial charge < -0.3 is 13.3 Å². The van der Waals surface area contributed by atoms with E-state index in [4.69, 9.17) is 13.3 Å². The van der Waals surface area contributed by atoms with Gasteiger partial charge in [0.2, 0.25) is 5.82 Å². The van der Waals surface area contributed by atoms with E-state index in [0.717, 1.165) is 0 Å². The van der Waals surface area contributed by atoms with Gasteiger partial charge in [0.05, 0.1) is 0 Å². The lowest BCUT2D eigenvalue weighted by Crippen LogP contribution is -2.55. The van der Waals surface area contributed by atoms with Crippen molar-refractivity contribution in [1.82, 2.24) is 0 Å². The lowest BCUT2D eigenvalue weighted by atomic mass is 9.83. The Morgan fingerprint density at radius 3 is 1.27 bits per heavy atom. The Kier molecular flexibility index (Phi) is 8.46. The molecule has 30 heavy (non-hydrogen) atoms. The Labute approximate surface area is 176 Å². The third kappa shape index (κ3) is 5.41. The van der Waals surface area contributed by atoms with Gasteiger partial charge in [-0.05, 0) is 73.1 Å². The first kappa shape index (κ1) is 25.2. The molecule has 0 atom stereocenters. The highest BCUT2D eigenvalue weighted by atomic mass is 28.4. The number of hydrogen-bond acceptors (Lipinski definition) is 3. The van der Waals surface area contributed by atoms with Crippen LogP contribution in [0.1, 0.15) is 78.7 Å². The monoisotopic (exact) mass is 454 g/mol. The van der Waals surface area contributed by atoms with E-state index in [9.17, 15) is 22.0 Å². The van der Waals surface area contributed by atoms with Crippen molar-refractivity contribution in [2.75, 3.05) is 0 Å². The molecule has 0 amide bonds. The summed E-state index contributed by atoms with van der Waals surface area (Å²) in [4.78, 5) is 0. The molecule has 0 saturated heterocycles. The van der Waals surface area contributed by atoms with Gasteiger partial charge in [0.15, 0.2) is 23.3 Å². The van der Waals surface area contributed by atoms with E-state index < -0.39 is 49.4 Å². The first-order valence-electron chi connectivity index (χ1n) is 10.4. The predicted octanol–water partition coefficient (Wildman–Crippen LogP) is 6.62. The summed E-state index contributed by atoms with van der Waals surface area (Å²) in [6, 6.07) is 0. The molecule has 1 aromatic carbocycles. The molecule has 1 aliphatic rings. The van der Waals surface area contributed by atoms with Crippen LogP contribution in [0.25, 0.3) is 0 Å². The zero-order valence-electron chi connectivity index (χ0n) is 18.3. The third-order valence-electron chi connectivity index (χ3n) is 5.08. The third-order valence-corrected chi connectivity index (χ3v) is 9.06. The summed E-state index contributed by atoms with van der Waals surface area (Å²) in [7, 11) is -3.17. The maximum atomic E-state index is 14.2. The number of benzene rings is 1. The van der Waals surface area contributed by atoms with Crippen molar-refractivity contribution in [2.45, 2.75) is 97.0 Å². The molecule has 172 valence electrons. The molecule has 0 spiro atoms. The Morgan fingerprint density at radius 1 is 0.600 bits per heavy atom. The van der Waals surface area contributed by atoms with Crippen molar-refractivity contribution >= 4 is 8.80 Å². The maximum absolute atomic E-state index is 14.2. The normalized spacial score (nSPS) is 20.6. The minimum atomic E-state index is -3.17. The summed E-state index contributed by atoms with van der Waals surface area (Å²) in [6.45, 7) is 11.3. The van der Waals surface area contributed by atoms with Crippen molar-refractivity contribution in [3.63, 3.8) is 0 Å². The van der Waals surface area contributed by atoms with Crippen LogP contribution in [-0.2, 0) is 13.3 Å². The Bertz CT molecular complexity index is 678. The highest BCUT2D eigenvalue weighted by Gasteiger charge is 2.53. The van der Waals surface area contributed by atoms with E-state index in [-0.39, 0.29) is 36.7 Å².